The van der Waals surface area contributed by atoms with Crippen LogP contribution in [0.25, 0.3) is 10.4 Å². The van der Waals surface area contributed by atoms with Gasteiger partial charge in [0.15, 0.2) is 0 Å². The molecule has 2 N–H and O–H groups in total. The van der Waals surface area contributed by atoms with Gasteiger partial charge in [0, 0.05) is 22.8 Å². The van der Waals surface area contributed by atoms with Crippen molar-refractivity contribution in [1.82, 2.24) is 0 Å². The van der Waals surface area contributed by atoms with Gasteiger partial charge in [0.2, 0.25) is 0 Å². The van der Waals surface area contributed by atoms with Crippen LogP contribution < -0.4 is 0 Å². The summed E-state index contributed by atoms with van der Waals surface area (Å²) < 4.78 is 12.2. The normalized spacial score (nSPS) is 32.2. The highest BCUT2D eigenvalue weighted by molar-refractivity contribution is 5.70. The minimum Gasteiger partial charge on any atom is -0.481 e. The van der Waals surface area contributed by atoms with E-state index in [0.29, 0.717) is 6.42 Å². The van der Waals surface area contributed by atoms with Gasteiger partial charge in [0.1, 0.15) is 0 Å². The molecule has 29 heavy (non-hydrogen) atoms. The number of nitrogens with zero attached hydrogens (tertiary/aromatic N) is 3. The number of carbonyl (C=O) groups is 1. The molecule has 0 bridgehead atoms. The summed E-state index contributed by atoms with van der Waals surface area (Å²) in [5.41, 5.74) is 8.74. The maximum Gasteiger partial charge on any atom is 0.308 e. The quantitative estimate of drug-likeness (QED) is 0.298. The first-order valence-electron chi connectivity index (χ1n) is 11.0. The van der Waals surface area contributed by atoms with E-state index < -0.39 is 18.0 Å². The summed E-state index contributed by atoms with van der Waals surface area (Å²) in [5.74, 6) is -1.51. The predicted molar refractivity (Wildman–Crippen MR) is 109 cm³/mol. The SMILES string of the molecule is CCC[C@H](C[C@@H]1CC[C@H]([C@@H](C)[C@H](O)[C@H](C)[C@@H]2CC[C@H]([C@@H](C)C(=O)O)O2)O1)N=[N+]=[N-]. The molecule has 2 heterocycles. The third kappa shape index (κ3) is 6.32. The molecule has 0 saturated carbocycles. The standard InChI is InChI=1S/C21H37N3O5/c1-5-6-15(23-24-22)11-16-7-8-17(28-16)12(2)20(25)13(3)18-9-10-19(29-18)14(4)21(26)27/h12-20,25H,5-11H2,1-4H3,(H,26,27)/t12-,13-,14-,15-,16+,17-,18+,19-,20+/m1/s1. The molecule has 0 aliphatic carbocycles. The summed E-state index contributed by atoms with van der Waals surface area (Å²) in [6.07, 6.45) is 4.88. The van der Waals surface area contributed by atoms with E-state index in [1.54, 1.807) is 6.92 Å². The number of ether oxygens (including phenoxy) is 2. The van der Waals surface area contributed by atoms with Crippen LogP contribution >= 0.6 is 0 Å². The van der Waals surface area contributed by atoms with E-state index in [0.717, 1.165) is 38.5 Å². The molecule has 2 aliphatic rings. The summed E-state index contributed by atoms with van der Waals surface area (Å²) in [4.78, 5) is 14.2. The molecule has 0 aromatic rings. The number of rotatable bonds is 11. The fourth-order valence-corrected chi connectivity index (χ4v) is 4.75. The molecule has 166 valence electrons. The Morgan fingerprint density at radius 1 is 1.10 bits per heavy atom. The molecule has 2 rings (SSSR count). The zero-order valence-corrected chi connectivity index (χ0v) is 18.1. The molecule has 0 spiro atoms. The molecule has 0 amide bonds. The minimum atomic E-state index is -0.843. The number of hydrogen-bond acceptors (Lipinski definition) is 5. The molecular formula is C21H37N3O5. The lowest BCUT2D eigenvalue weighted by molar-refractivity contribution is -0.147. The fourth-order valence-electron chi connectivity index (χ4n) is 4.75. The summed E-state index contributed by atoms with van der Waals surface area (Å²) in [7, 11) is 0. The highest BCUT2D eigenvalue weighted by Gasteiger charge is 2.41. The Labute approximate surface area is 173 Å². The largest absolute Gasteiger partial charge is 0.481 e. The van der Waals surface area contributed by atoms with E-state index in [4.69, 9.17) is 15.0 Å². The van der Waals surface area contributed by atoms with Crippen LogP contribution in [0.2, 0.25) is 0 Å². The van der Waals surface area contributed by atoms with Crippen molar-refractivity contribution in [2.75, 3.05) is 0 Å². The molecule has 0 unspecified atom stereocenters. The number of azide groups is 1. The topological polar surface area (TPSA) is 125 Å². The van der Waals surface area contributed by atoms with Crippen molar-refractivity contribution in [2.45, 2.75) is 109 Å². The maximum absolute atomic E-state index is 11.2. The van der Waals surface area contributed by atoms with Gasteiger partial charge in [-0.2, -0.15) is 0 Å². The van der Waals surface area contributed by atoms with Crippen LogP contribution in [0.15, 0.2) is 5.11 Å². The lowest BCUT2D eigenvalue weighted by Crippen LogP contribution is -2.39. The second-order valence-electron chi connectivity index (χ2n) is 8.88. The van der Waals surface area contributed by atoms with E-state index in [-0.39, 0.29) is 42.3 Å². The van der Waals surface area contributed by atoms with Crippen LogP contribution in [-0.4, -0.2) is 52.7 Å². The van der Waals surface area contributed by atoms with E-state index in [2.05, 4.69) is 16.9 Å². The Morgan fingerprint density at radius 2 is 1.69 bits per heavy atom. The van der Waals surface area contributed by atoms with Gasteiger partial charge in [-0.1, -0.05) is 32.3 Å². The fraction of sp³-hybridized carbons (Fsp3) is 0.952. The molecule has 2 fully saturated rings. The summed E-state index contributed by atoms with van der Waals surface area (Å²) in [6.45, 7) is 7.74. The summed E-state index contributed by atoms with van der Waals surface area (Å²) in [5, 5.41) is 24.0. The van der Waals surface area contributed by atoms with E-state index in [1.807, 2.05) is 13.8 Å². The Hall–Kier alpha value is -1.34. The van der Waals surface area contributed by atoms with E-state index in [1.165, 1.54) is 0 Å². The second kappa shape index (κ2) is 11.2. The van der Waals surface area contributed by atoms with Crippen LogP contribution in [0, 0.1) is 17.8 Å². The monoisotopic (exact) mass is 411 g/mol. The Kier molecular flexibility index (Phi) is 9.21. The molecule has 2 saturated heterocycles. The number of aliphatic carboxylic acids is 1. The van der Waals surface area contributed by atoms with Crippen molar-refractivity contribution in [3.05, 3.63) is 10.4 Å². The molecule has 8 heteroatoms. The zero-order chi connectivity index (χ0) is 21.6. The van der Waals surface area contributed by atoms with Crippen LogP contribution in [0.5, 0.6) is 0 Å². The van der Waals surface area contributed by atoms with Gasteiger partial charge >= 0.3 is 5.97 Å². The van der Waals surface area contributed by atoms with Crippen LogP contribution in [-0.2, 0) is 14.3 Å². The Bertz CT molecular complexity index is 583. The maximum atomic E-state index is 11.2. The van der Waals surface area contributed by atoms with Crippen molar-refractivity contribution in [2.24, 2.45) is 22.9 Å². The first-order valence-corrected chi connectivity index (χ1v) is 11.0. The first kappa shape index (κ1) is 23.9. The van der Waals surface area contributed by atoms with Crippen LogP contribution in [0.1, 0.15) is 72.6 Å². The number of carboxylic acid groups (broad SMARTS) is 1. The molecule has 8 nitrogen and oxygen atoms in total. The number of carboxylic acids is 1. The Morgan fingerprint density at radius 3 is 2.28 bits per heavy atom. The van der Waals surface area contributed by atoms with Crippen LogP contribution in [0.3, 0.4) is 0 Å². The average Bonchev–Trinajstić information content (AvgIpc) is 3.36. The number of hydrogen-bond donors (Lipinski definition) is 2. The van der Waals surface area contributed by atoms with Gasteiger partial charge in [0.25, 0.3) is 0 Å². The zero-order valence-electron chi connectivity index (χ0n) is 18.1. The predicted octanol–water partition coefficient (Wildman–Crippen LogP) is 4.30. The van der Waals surface area contributed by atoms with Gasteiger partial charge in [-0.3, -0.25) is 4.79 Å². The number of aliphatic hydroxyl groups excluding tert-OH is 1. The second-order valence-corrected chi connectivity index (χ2v) is 8.88. The van der Waals surface area contributed by atoms with Crippen molar-refractivity contribution in [3.63, 3.8) is 0 Å². The smallest absolute Gasteiger partial charge is 0.308 e. The molecule has 9 atom stereocenters. The van der Waals surface area contributed by atoms with E-state index >= 15 is 0 Å². The lowest BCUT2D eigenvalue weighted by atomic mass is 9.84. The van der Waals surface area contributed by atoms with Gasteiger partial charge in [-0.15, -0.1) is 0 Å². The summed E-state index contributed by atoms with van der Waals surface area (Å²) in [6, 6.07) is -0.0343. The Balaban J connectivity index is 1.86. The first-order chi connectivity index (χ1) is 13.8. The molecule has 0 aromatic carbocycles. The molecule has 2 aliphatic heterocycles. The highest BCUT2D eigenvalue weighted by atomic mass is 16.5. The van der Waals surface area contributed by atoms with Gasteiger partial charge in [-0.05, 0) is 51.0 Å². The van der Waals surface area contributed by atoms with Crippen molar-refractivity contribution >= 4 is 5.97 Å². The third-order valence-corrected chi connectivity index (χ3v) is 6.79. The van der Waals surface area contributed by atoms with Crippen molar-refractivity contribution in [1.29, 1.82) is 0 Å². The van der Waals surface area contributed by atoms with Crippen molar-refractivity contribution in [3.8, 4) is 0 Å². The third-order valence-electron chi connectivity index (χ3n) is 6.79. The minimum absolute atomic E-state index is 0.0269. The van der Waals surface area contributed by atoms with Gasteiger partial charge in [-0.25, -0.2) is 0 Å². The molecule has 0 aromatic heterocycles. The van der Waals surface area contributed by atoms with Gasteiger partial charge in [0.05, 0.1) is 36.4 Å². The average molecular weight is 412 g/mol. The summed E-state index contributed by atoms with van der Waals surface area (Å²) >= 11 is 0. The lowest BCUT2D eigenvalue weighted by Gasteiger charge is -2.32. The van der Waals surface area contributed by atoms with Crippen molar-refractivity contribution < 1.29 is 24.5 Å². The number of aliphatic hydroxyl groups is 1. The van der Waals surface area contributed by atoms with E-state index in [9.17, 15) is 15.0 Å². The molecular weight excluding hydrogens is 374 g/mol. The molecule has 0 radical (unpaired) electrons. The van der Waals surface area contributed by atoms with Crippen LogP contribution in [0.4, 0.5) is 0 Å². The highest BCUT2D eigenvalue weighted by Crippen LogP contribution is 2.36. The van der Waals surface area contributed by atoms with Gasteiger partial charge < -0.3 is 19.7 Å².